The second kappa shape index (κ2) is 7.38. The molecule has 6 atom stereocenters. The number of hydrogen-bond donors (Lipinski definition) is 0. The van der Waals surface area contributed by atoms with Crippen LogP contribution in [-0.4, -0.2) is 38.2 Å². The molecule has 170 valence electrons. The molecule has 2 unspecified atom stereocenters. The highest BCUT2D eigenvalue weighted by Crippen LogP contribution is 2.62. The number of ketones is 1. The molecular formula is C25H42O4Si. The lowest BCUT2D eigenvalue weighted by molar-refractivity contribution is -0.225. The second-order valence-electron chi connectivity index (χ2n) is 12.4. The molecule has 1 saturated heterocycles. The third-order valence-electron chi connectivity index (χ3n) is 9.15. The standard InChI is InChI=1S/C25H42O4Si/c1-10-11-17-20(15-26)24(7)13-12-18-19(14-24)25(21(17)27,16-28-23(18,5)6)29-30(8,9)22(2,3)4/h10,15,17-20H,1,11-14,16H2,2-9H3/t17-,18?,19?,20-,24-,25-/m0/s1. The van der Waals surface area contributed by atoms with E-state index in [9.17, 15) is 9.59 Å². The van der Waals surface area contributed by atoms with Crippen LogP contribution < -0.4 is 0 Å². The van der Waals surface area contributed by atoms with Gasteiger partial charge in [0.25, 0.3) is 0 Å². The van der Waals surface area contributed by atoms with Crippen LogP contribution in [0.4, 0.5) is 0 Å². The van der Waals surface area contributed by atoms with Crippen molar-refractivity contribution in [3.05, 3.63) is 12.7 Å². The van der Waals surface area contributed by atoms with Crippen LogP contribution >= 0.6 is 0 Å². The van der Waals surface area contributed by atoms with Crippen LogP contribution in [0.3, 0.4) is 0 Å². The minimum absolute atomic E-state index is 0.0211. The van der Waals surface area contributed by atoms with E-state index in [0.29, 0.717) is 13.0 Å². The minimum Gasteiger partial charge on any atom is -0.402 e. The summed E-state index contributed by atoms with van der Waals surface area (Å²) < 4.78 is 13.5. The fourth-order valence-electron chi connectivity index (χ4n) is 6.24. The van der Waals surface area contributed by atoms with Gasteiger partial charge in [0.05, 0.1) is 12.2 Å². The Morgan fingerprint density at radius 1 is 1.23 bits per heavy atom. The number of aldehydes is 1. The predicted octanol–water partition coefficient (Wildman–Crippen LogP) is 5.57. The van der Waals surface area contributed by atoms with Crippen molar-refractivity contribution in [1.29, 1.82) is 0 Å². The van der Waals surface area contributed by atoms with E-state index in [-0.39, 0.29) is 45.5 Å². The number of Topliss-reactive ketones (excluding diaryl/α,β-unsaturated/α-hetero) is 1. The lowest BCUT2D eigenvalue weighted by atomic mass is 9.55. The summed E-state index contributed by atoms with van der Waals surface area (Å²) in [6.07, 6.45) is 6.12. The Morgan fingerprint density at radius 3 is 2.40 bits per heavy atom. The molecule has 2 saturated carbocycles. The van der Waals surface area contributed by atoms with Crippen LogP contribution in [0.2, 0.25) is 18.1 Å². The van der Waals surface area contributed by atoms with E-state index < -0.39 is 13.9 Å². The molecule has 2 aliphatic carbocycles. The monoisotopic (exact) mass is 434 g/mol. The SMILES string of the molecule is C=CC[C@@H]1C(=O)[C@]2(O[Si](C)(C)C(C)(C)C)COC(C)(C)C3CC[C@@](C)(CC32)[C@H]1C=O. The summed E-state index contributed by atoms with van der Waals surface area (Å²) in [6, 6.07) is 0. The fraction of sp³-hybridized carbons (Fsp3) is 0.840. The van der Waals surface area contributed by atoms with E-state index in [1.54, 1.807) is 6.08 Å². The zero-order valence-electron chi connectivity index (χ0n) is 20.3. The Morgan fingerprint density at radius 2 is 1.87 bits per heavy atom. The van der Waals surface area contributed by atoms with Gasteiger partial charge in [-0.3, -0.25) is 4.79 Å². The molecular weight excluding hydrogens is 392 g/mol. The summed E-state index contributed by atoms with van der Waals surface area (Å²) in [7, 11) is -2.27. The third kappa shape index (κ3) is 3.49. The van der Waals surface area contributed by atoms with Gasteiger partial charge in [-0.25, -0.2) is 0 Å². The molecule has 30 heavy (non-hydrogen) atoms. The van der Waals surface area contributed by atoms with Gasteiger partial charge >= 0.3 is 0 Å². The molecule has 2 bridgehead atoms. The molecule has 4 nitrogen and oxygen atoms in total. The molecule has 3 fully saturated rings. The van der Waals surface area contributed by atoms with Crippen LogP contribution in [-0.2, 0) is 18.8 Å². The normalized spacial score (nSPS) is 41.1. The van der Waals surface area contributed by atoms with E-state index in [1.807, 2.05) is 0 Å². The zero-order valence-corrected chi connectivity index (χ0v) is 21.3. The maximum atomic E-state index is 14.3. The first-order valence-electron chi connectivity index (χ1n) is 11.6. The van der Waals surface area contributed by atoms with Crippen molar-refractivity contribution >= 4 is 20.4 Å². The Kier molecular flexibility index (Phi) is 5.87. The minimum atomic E-state index is -2.27. The van der Waals surface area contributed by atoms with Crippen molar-refractivity contribution in [3.63, 3.8) is 0 Å². The third-order valence-corrected chi connectivity index (χ3v) is 13.6. The van der Waals surface area contributed by atoms with Gasteiger partial charge < -0.3 is 14.0 Å². The van der Waals surface area contributed by atoms with Gasteiger partial charge in [0.1, 0.15) is 11.9 Å². The van der Waals surface area contributed by atoms with Gasteiger partial charge in [0, 0.05) is 17.8 Å². The van der Waals surface area contributed by atoms with Crippen LogP contribution in [0, 0.1) is 29.1 Å². The second-order valence-corrected chi connectivity index (χ2v) is 17.1. The van der Waals surface area contributed by atoms with Crippen molar-refractivity contribution in [2.75, 3.05) is 6.61 Å². The van der Waals surface area contributed by atoms with Crippen molar-refractivity contribution in [1.82, 2.24) is 0 Å². The quantitative estimate of drug-likeness (QED) is 0.322. The Bertz CT molecular complexity index is 721. The maximum Gasteiger partial charge on any atom is 0.193 e. The molecule has 1 heterocycles. The number of carbonyl (C=O) groups excluding carboxylic acids is 2. The lowest BCUT2D eigenvalue weighted by Crippen LogP contribution is -2.68. The number of ether oxygens (including phenoxy) is 1. The van der Waals surface area contributed by atoms with Gasteiger partial charge in [0.2, 0.25) is 0 Å². The van der Waals surface area contributed by atoms with E-state index in [2.05, 4.69) is 61.2 Å². The van der Waals surface area contributed by atoms with Gasteiger partial charge in [-0.05, 0) is 69.0 Å². The first-order valence-corrected chi connectivity index (χ1v) is 14.5. The number of allylic oxidation sites excluding steroid dienone is 1. The summed E-state index contributed by atoms with van der Waals surface area (Å²) in [4.78, 5) is 26.7. The molecule has 3 aliphatic rings. The van der Waals surface area contributed by atoms with Crippen LogP contribution in [0.15, 0.2) is 12.7 Å². The van der Waals surface area contributed by atoms with E-state index in [1.165, 1.54) is 0 Å². The molecule has 0 spiro atoms. The first kappa shape index (κ1) is 23.9. The topological polar surface area (TPSA) is 52.6 Å². The highest BCUT2D eigenvalue weighted by molar-refractivity contribution is 6.74. The highest BCUT2D eigenvalue weighted by Gasteiger charge is 2.67. The van der Waals surface area contributed by atoms with Gasteiger partial charge in [0.15, 0.2) is 14.1 Å². The number of rotatable bonds is 5. The lowest BCUT2D eigenvalue weighted by Gasteiger charge is -2.59. The van der Waals surface area contributed by atoms with E-state index >= 15 is 0 Å². The van der Waals surface area contributed by atoms with Crippen LogP contribution in [0.5, 0.6) is 0 Å². The number of carbonyl (C=O) groups is 2. The predicted molar refractivity (Wildman–Crippen MR) is 123 cm³/mol. The maximum absolute atomic E-state index is 14.3. The summed E-state index contributed by atoms with van der Waals surface area (Å²) >= 11 is 0. The van der Waals surface area contributed by atoms with Crippen molar-refractivity contribution in [2.24, 2.45) is 29.1 Å². The molecule has 0 aromatic heterocycles. The molecule has 0 radical (unpaired) electrons. The number of fused-ring (bicyclic) bond motifs is 1. The molecule has 1 aliphatic heterocycles. The van der Waals surface area contributed by atoms with Crippen molar-refractivity contribution in [3.8, 4) is 0 Å². The van der Waals surface area contributed by atoms with Crippen LogP contribution in [0.25, 0.3) is 0 Å². The first-order chi connectivity index (χ1) is 13.7. The smallest absolute Gasteiger partial charge is 0.193 e. The fourth-order valence-corrected chi connectivity index (χ4v) is 7.77. The largest absolute Gasteiger partial charge is 0.402 e. The van der Waals surface area contributed by atoms with E-state index in [4.69, 9.17) is 9.16 Å². The highest BCUT2D eigenvalue weighted by atomic mass is 28.4. The Labute approximate surface area is 184 Å². The zero-order chi connectivity index (χ0) is 22.8. The van der Waals surface area contributed by atoms with Crippen LogP contribution in [0.1, 0.15) is 67.2 Å². The van der Waals surface area contributed by atoms with Gasteiger partial charge in [-0.1, -0.05) is 33.8 Å². The summed E-state index contributed by atoms with van der Waals surface area (Å²) in [6.45, 7) is 21.8. The average Bonchev–Trinajstić information content (AvgIpc) is 2.67. The molecule has 3 rings (SSSR count). The molecule has 0 aromatic rings. The van der Waals surface area contributed by atoms with Gasteiger partial charge in [-0.2, -0.15) is 0 Å². The van der Waals surface area contributed by atoms with Crippen molar-refractivity contribution in [2.45, 2.75) is 96.6 Å². The number of hydrogen-bond acceptors (Lipinski definition) is 4. The van der Waals surface area contributed by atoms with E-state index in [0.717, 1.165) is 25.5 Å². The summed E-state index contributed by atoms with van der Waals surface area (Å²) in [5.41, 5.74) is -1.43. The average molecular weight is 435 g/mol. The summed E-state index contributed by atoms with van der Waals surface area (Å²) in [5.74, 6) is -0.261. The molecule has 0 aromatic carbocycles. The molecule has 0 N–H and O–H groups in total. The van der Waals surface area contributed by atoms with Gasteiger partial charge in [-0.15, -0.1) is 6.58 Å². The molecule has 0 amide bonds. The van der Waals surface area contributed by atoms with Crippen molar-refractivity contribution < 1.29 is 18.8 Å². The Hall–Kier alpha value is -0.783. The molecule has 5 heteroatoms. The Balaban J connectivity index is 2.21. The summed E-state index contributed by atoms with van der Waals surface area (Å²) in [5, 5.41) is -0.0211.